The number of amides is 1. The molecule has 3 nitrogen and oxygen atoms in total. The predicted molar refractivity (Wildman–Crippen MR) is 101 cm³/mol. The van der Waals surface area contributed by atoms with Gasteiger partial charge in [0, 0.05) is 5.69 Å². The Morgan fingerprint density at radius 2 is 2.04 bits per heavy atom. The normalized spacial score (nSPS) is 17.0. The highest BCUT2D eigenvalue weighted by Gasteiger charge is 2.34. The Kier molecular flexibility index (Phi) is 5.13. The van der Waals surface area contributed by atoms with Crippen LogP contribution < -0.4 is 9.64 Å². The number of nitrogens with zero attached hydrogens (tertiary/aromatic N) is 1. The van der Waals surface area contributed by atoms with Gasteiger partial charge in [-0.3, -0.25) is 9.69 Å². The Balaban J connectivity index is 1.88. The molecule has 1 aliphatic heterocycles. The Labute approximate surface area is 151 Å². The molecule has 1 fully saturated rings. The van der Waals surface area contributed by atoms with Crippen molar-refractivity contribution in [3.8, 4) is 5.75 Å². The van der Waals surface area contributed by atoms with Crippen LogP contribution in [0.25, 0.3) is 0 Å². The third-order valence-corrected chi connectivity index (χ3v) is 5.15. The maximum absolute atomic E-state index is 13.2. The van der Waals surface area contributed by atoms with E-state index in [1.165, 1.54) is 12.1 Å². The van der Waals surface area contributed by atoms with Gasteiger partial charge < -0.3 is 4.74 Å². The summed E-state index contributed by atoms with van der Waals surface area (Å²) in [5.41, 5.74) is 3.68. The fourth-order valence-electron chi connectivity index (χ4n) is 2.75. The molecule has 2 aromatic carbocycles. The Hall–Kier alpha value is -2.27. The quantitative estimate of drug-likeness (QED) is 0.715. The van der Waals surface area contributed by atoms with E-state index in [0.717, 1.165) is 28.1 Å². The number of halogens is 1. The number of anilines is 1. The van der Waals surface area contributed by atoms with Crippen LogP contribution in [0.5, 0.6) is 5.75 Å². The number of hydrogen-bond donors (Lipinski definition) is 0. The molecule has 1 heterocycles. The lowest BCUT2D eigenvalue weighted by Gasteiger charge is -2.26. The summed E-state index contributed by atoms with van der Waals surface area (Å²) < 4.78 is 18.9. The number of carbonyl (C=O) groups excluding carboxylic acids is 1. The lowest BCUT2D eigenvalue weighted by Crippen LogP contribution is -2.28. The van der Waals surface area contributed by atoms with Gasteiger partial charge in [0.2, 0.25) is 5.91 Å². The SMILES string of the molecule is C=C(C)COc1ccc(N2C(=O)CSC2c2ccc(F)cc2)c(C)c1. The van der Waals surface area contributed by atoms with E-state index in [4.69, 9.17) is 4.74 Å². The number of ether oxygens (including phenoxy) is 1. The third-order valence-electron chi connectivity index (χ3n) is 3.94. The van der Waals surface area contributed by atoms with Crippen molar-refractivity contribution in [1.82, 2.24) is 0 Å². The fraction of sp³-hybridized carbons (Fsp3) is 0.250. The van der Waals surface area contributed by atoms with Gasteiger partial charge in [0.1, 0.15) is 23.5 Å². The zero-order valence-corrected chi connectivity index (χ0v) is 15.1. The summed E-state index contributed by atoms with van der Waals surface area (Å²) >= 11 is 1.55. The second-order valence-electron chi connectivity index (χ2n) is 6.17. The zero-order valence-electron chi connectivity index (χ0n) is 14.3. The predicted octanol–water partition coefficient (Wildman–Crippen LogP) is 4.87. The highest BCUT2D eigenvalue weighted by Crippen LogP contribution is 2.43. The molecule has 1 saturated heterocycles. The molecule has 3 rings (SSSR count). The second kappa shape index (κ2) is 7.31. The highest BCUT2D eigenvalue weighted by atomic mass is 32.2. The number of benzene rings is 2. The van der Waals surface area contributed by atoms with Crippen LogP contribution in [0, 0.1) is 12.7 Å². The maximum Gasteiger partial charge on any atom is 0.238 e. The minimum Gasteiger partial charge on any atom is -0.489 e. The first-order chi connectivity index (χ1) is 12.0. The summed E-state index contributed by atoms with van der Waals surface area (Å²) in [5.74, 6) is 0.940. The number of rotatable bonds is 5. The standard InChI is InChI=1S/C20H20FNO2S/c1-13(2)11-24-17-8-9-18(14(3)10-17)22-19(23)12-25-20(22)15-4-6-16(21)7-5-15/h4-10,20H,1,11-12H2,2-3H3. The molecule has 0 aromatic heterocycles. The third kappa shape index (κ3) is 3.87. The molecule has 130 valence electrons. The lowest BCUT2D eigenvalue weighted by molar-refractivity contribution is -0.115. The molecule has 1 unspecified atom stereocenters. The summed E-state index contributed by atoms with van der Waals surface area (Å²) in [6.45, 7) is 8.16. The number of thioether (sulfide) groups is 1. The largest absolute Gasteiger partial charge is 0.489 e. The van der Waals surface area contributed by atoms with E-state index in [1.54, 1.807) is 28.8 Å². The van der Waals surface area contributed by atoms with E-state index in [-0.39, 0.29) is 17.1 Å². The maximum atomic E-state index is 13.2. The van der Waals surface area contributed by atoms with E-state index in [9.17, 15) is 9.18 Å². The van der Waals surface area contributed by atoms with Crippen LogP contribution in [-0.4, -0.2) is 18.3 Å². The Morgan fingerprint density at radius 3 is 2.68 bits per heavy atom. The smallest absolute Gasteiger partial charge is 0.238 e. The van der Waals surface area contributed by atoms with E-state index in [1.807, 2.05) is 32.0 Å². The molecule has 1 atom stereocenters. The molecule has 25 heavy (non-hydrogen) atoms. The summed E-state index contributed by atoms with van der Waals surface area (Å²) in [4.78, 5) is 14.3. The summed E-state index contributed by atoms with van der Waals surface area (Å²) in [6.07, 6.45) is 0. The monoisotopic (exact) mass is 357 g/mol. The molecular formula is C20H20FNO2S. The summed E-state index contributed by atoms with van der Waals surface area (Å²) in [6, 6.07) is 12.0. The first kappa shape index (κ1) is 17.5. The minimum atomic E-state index is -0.278. The van der Waals surface area contributed by atoms with Gasteiger partial charge in [0.05, 0.1) is 5.75 Å². The van der Waals surface area contributed by atoms with Crippen LogP contribution in [0.1, 0.15) is 23.4 Å². The van der Waals surface area contributed by atoms with Crippen molar-refractivity contribution in [2.24, 2.45) is 0 Å². The van der Waals surface area contributed by atoms with Gasteiger partial charge in [0.25, 0.3) is 0 Å². The van der Waals surface area contributed by atoms with Gasteiger partial charge in [0.15, 0.2) is 0 Å². The van der Waals surface area contributed by atoms with Crippen LogP contribution in [0.15, 0.2) is 54.6 Å². The summed E-state index contributed by atoms with van der Waals surface area (Å²) in [7, 11) is 0. The van der Waals surface area contributed by atoms with Gasteiger partial charge in [-0.15, -0.1) is 11.8 Å². The van der Waals surface area contributed by atoms with E-state index in [2.05, 4.69) is 6.58 Å². The van der Waals surface area contributed by atoms with Crippen molar-refractivity contribution in [3.63, 3.8) is 0 Å². The van der Waals surface area contributed by atoms with E-state index in [0.29, 0.717) is 12.4 Å². The number of aryl methyl sites for hydroxylation is 1. The van der Waals surface area contributed by atoms with Crippen molar-refractivity contribution in [2.75, 3.05) is 17.3 Å². The molecule has 0 bridgehead atoms. The van der Waals surface area contributed by atoms with Gasteiger partial charge in [-0.25, -0.2) is 4.39 Å². The molecule has 0 N–H and O–H groups in total. The molecule has 2 aromatic rings. The molecule has 1 aliphatic rings. The van der Waals surface area contributed by atoms with Crippen molar-refractivity contribution >= 4 is 23.4 Å². The minimum absolute atomic E-state index is 0.0537. The molecule has 5 heteroatoms. The fourth-order valence-corrected chi connectivity index (χ4v) is 3.92. The van der Waals surface area contributed by atoms with Crippen LogP contribution in [-0.2, 0) is 4.79 Å². The van der Waals surface area contributed by atoms with Gasteiger partial charge in [-0.1, -0.05) is 18.7 Å². The molecule has 0 spiro atoms. The second-order valence-corrected chi connectivity index (χ2v) is 7.24. The van der Waals surface area contributed by atoms with Gasteiger partial charge >= 0.3 is 0 Å². The average molecular weight is 357 g/mol. The van der Waals surface area contributed by atoms with Crippen molar-refractivity contribution in [2.45, 2.75) is 19.2 Å². The highest BCUT2D eigenvalue weighted by molar-refractivity contribution is 8.00. The molecule has 0 aliphatic carbocycles. The van der Waals surface area contributed by atoms with E-state index >= 15 is 0 Å². The topological polar surface area (TPSA) is 29.5 Å². The van der Waals surface area contributed by atoms with Crippen molar-refractivity contribution < 1.29 is 13.9 Å². The average Bonchev–Trinajstić information content (AvgIpc) is 2.95. The van der Waals surface area contributed by atoms with Crippen LogP contribution in [0.2, 0.25) is 0 Å². The van der Waals surface area contributed by atoms with Crippen LogP contribution in [0.4, 0.5) is 10.1 Å². The Morgan fingerprint density at radius 1 is 1.32 bits per heavy atom. The van der Waals surface area contributed by atoms with E-state index < -0.39 is 0 Å². The molecular weight excluding hydrogens is 337 g/mol. The number of hydrogen-bond acceptors (Lipinski definition) is 3. The van der Waals surface area contributed by atoms with Crippen molar-refractivity contribution in [1.29, 1.82) is 0 Å². The van der Waals surface area contributed by atoms with Gasteiger partial charge in [-0.2, -0.15) is 0 Å². The summed E-state index contributed by atoms with van der Waals surface area (Å²) in [5, 5.41) is -0.144. The van der Waals surface area contributed by atoms with Gasteiger partial charge in [-0.05, 0) is 60.9 Å². The first-order valence-electron chi connectivity index (χ1n) is 8.02. The molecule has 0 radical (unpaired) electrons. The van der Waals surface area contributed by atoms with Crippen LogP contribution in [0.3, 0.4) is 0 Å². The molecule has 1 amide bonds. The van der Waals surface area contributed by atoms with Crippen molar-refractivity contribution in [3.05, 3.63) is 71.6 Å². The Bertz CT molecular complexity index is 804. The van der Waals surface area contributed by atoms with Crippen LogP contribution >= 0.6 is 11.8 Å². The lowest BCUT2D eigenvalue weighted by atomic mass is 10.1. The zero-order chi connectivity index (χ0) is 18.0. The number of carbonyl (C=O) groups is 1. The first-order valence-corrected chi connectivity index (χ1v) is 9.07. The molecule has 0 saturated carbocycles.